The first-order valence-electron chi connectivity index (χ1n) is 5.83. The van der Waals surface area contributed by atoms with Gasteiger partial charge in [-0.1, -0.05) is 30.3 Å². The Morgan fingerprint density at radius 2 is 1.94 bits per heavy atom. The van der Waals surface area contributed by atoms with E-state index in [2.05, 4.69) is 5.32 Å². The van der Waals surface area contributed by atoms with Crippen molar-refractivity contribution in [3.63, 3.8) is 0 Å². The summed E-state index contributed by atoms with van der Waals surface area (Å²) < 4.78 is 0. The van der Waals surface area contributed by atoms with Crippen LogP contribution < -0.4 is 11.1 Å². The van der Waals surface area contributed by atoms with Crippen molar-refractivity contribution in [2.24, 2.45) is 5.73 Å². The summed E-state index contributed by atoms with van der Waals surface area (Å²) in [6.07, 6.45) is 0.765. The Bertz CT molecular complexity index is 404. The molecule has 0 aliphatic heterocycles. The van der Waals surface area contributed by atoms with Crippen molar-refractivity contribution < 1.29 is 14.7 Å². The summed E-state index contributed by atoms with van der Waals surface area (Å²) >= 11 is 0. The molecule has 18 heavy (non-hydrogen) atoms. The molecule has 5 nitrogen and oxygen atoms in total. The van der Waals surface area contributed by atoms with E-state index in [0.717, 1.165) is 0 Å². The number of hydrogen-bond donors (Lipinski definition) is 3. The number of nitrogens with two attached hydrogens (primary N) is 1. The van der Waals surface area contributed by atoms with Crippen LogP contribution >= 0.6 is 0 Å². The van der Waals surface area contributed by atoms with Crippen LogP contribution in [0.3, 0.4) is 0 Å². The van der Waals surface area contributed by atoms with E-state index in [0.29, 0.717) is 12.0 Å². The topological polar surface area (TPSA) is 92.4 Å². The quantitative estimate of drug-likeness (QED) is 0.703. The Balaban J connectivity index is 2.65. The van der Waals surface area contributed by atoms with Crippen LogP contribution in [0.4, 0.5) is 0 Å². The molecule has 0 aromatic heterocycles. The number of benzene rings is 1. The van der Waals surface area contributed by atoms with Gasteiger partial charge in [-0.25, -0.2) is 4.79 Å². The van der Waals surface area contributed by atoms with Crippen LogP contribution in [-0.2, 0) is 9.59 Å². The average Bonchev–Trinajstić information content (AvgIpc) is 2.34. The third-order valence-corrected chi connectivity index (χ3v) is 2.51. The molecule has 0 fully saturated rings. The Labute approximate surface area is 106 Å². The number of amides is 1. The molecule has 98 valence electrons. The average molecular weight is 250 g/mol. The molecule has 0 saturated carbocycles. The first-order chi connectivity index (χ1) is 8.50. The van der Waals surface area contributed by atoms with Gasteiger partial charge in [0.2, 0.25) is 5.91 Å². The van der Waals surface area contributed by atoms with Crippen molar-refractivity contribution in [3.8, 4) is 0 Å². The standard InChI is InChI=1S/C13H18N2O3/c1-9(14)7-8-11(16)15-12(13(17)18)10-5-3-2-4-6-10/h2-6,9,12H,7-8,14H2,1H3,(H,15,16)(H,17,18). The van der Waals surface area contributed by atoms with E-state index in [-0.39, 0.29) is 18.4 Å². The predicted molar refractivity (Wildman–Crippen MR) is 67.8 cm³/mol. The second-order valence-corrected chi connectivity index (χ2v) is 4.27. The second kappa shape index (κ2) is 6.76. The Kier molecular flexibility index (Phi) is 5.32. The molecule has 0 saturated heterocycles. The molecular weight excluding hydrogens is 232 g/mol. The predicted octanol–water partition coefficient (Wildman–Crippen LogP) is 1.06. The van der Waals surface area contributed by atoms with Crippen LogP contribution in [0.2, 0.25) is 0 Å². The van der Waals surface area contributed by atoms with Gasteiger partial charge in [0.15, 0.2) is 6.04 Å². The molecule has 1 aromatic carbocycles. The maximum atomic E-state index is 11.6. The maximum Gasteiger partial charge on any atom is 0.330 e. The summed E-state index contributed by atoms with van der Waals surface area (Å²) in [5.74, 6) is -1.38. The number of carbonyl (C=O) groups is 2. The van der Waals surface area contributed by atoms with E-state index in [9.17, 15) is 9.59 Å². The van der Waals surface area contributed by atoms with Crippen molar-refractivity contribution in [3.05, 3.63) is 35.9 Å². The van der Waals surface area contributed by atoms with Crippen molar-refractivity contribution in [2.75, 3.05) is 0 Å². The molecule has 0 radical (unpaired) electrons. The SMILES string of the molecule is CC(N)CCC(=O)NC(C(=O)O)c1ccccc1. The summed E-state index contributed by atoms with van der Waals surface area (Å²) in [7, 11) is 0. The molecule has 1 amide bonds. The number of aliphatic carboxylic acids is 1. The minimum atomic E-state index is -1.07. The zero-order valence-corrected chi connectivity index (χ0v) is 10.3. The van der Waals surface area contributed by atoms with Gasteiger partial charge in [-0.2, -0.15) is 0 Å². The number of carboxylic acids is 1. The number of carbonyl (C=O) groups excluding carboxylic acids is 1. The summed E-state index contributed by atoms with van der Waals surface area (Å²) in [4.78, 5) is 22.7. The van der Waals surface area contributed by atoms with Gasteiger partial charge < -0.3 is 16.2 Å². The summed E-state index contributed by atoms with van der Waals surface area (Å²) in [5, 5.41) is 11.6. The molecule has 2 atom stereocenters. The van der Waals surface area contributed by atoms with Gasteiger partial charge in [0.25, 0.3) is 0 Å². The summed E-state index contributed by atoms with van der Waals surface area (Å²) in [5.41, 5.74) is 6.10. The highest BCUT2D eigenvalue weighted by Crippen LogP contribution is 2.13. The lowest BCUT2D eigenvalue weighted by atomic mass is 10.1. The van der Waals surface area contributed by atoms with Gasteiger partial charge >= 0.3 is 5.97 Å². The third kappa shape index (κ3) is 4.55. The molecule has 0 aliphatic rings. The van der Waals surface area contributed by atoms with Gasteiger partial charge in [0.1, 0.15) is 0 Å². The second-order valence-electron chi connectivity index (χ2n) is 4.27. The molecule has 0 aliphatic carbocycles. The Morgan fingerprint density at radius 3 is 2.44 bits per heavy atom. The van der Waals surface area contributed by atoms with E-state index < -0.39 is 12.0 Å². The Morgan fingerprint density at radius 1 is 1.33 bits per heavy atom. The monoisotopic (exact) mass is 250 g/mol. The van der Waals surface area contributed by atoms with E-state index in [1.165, 1.54) is 0 Å². The smallest absolute Gasteiger partial charge is 0.330 e. The van der Waals surface area contributed by atoms with E-state index in [1.807, 2.05) is 0 Å². The van der Waals surface area contributed by atoms with Gasteiger partial charge in [-0.3, -0.25) is 4.79 Å². The highest BCUT2D eigenvalue weighted by Gasteiger charge is 2.21. The lowest BCUT2D eigenvalue weighted by molar-refractivity contribution is -0.142. The third-order valence-electron chi connectivity index (χ3n) is 2.51. The molecule has 4 N–H and O–H groups in total. The minimum Gasteiger partial charge on any atom is -0.479 e. The van der Waals surface area contributed by atoms with Gasteiger partial charge in [-0.05, 0) is 18.9 Å². The fraction of sp³-hybridized carbons (Fsp3) is 0.385. The fourth-order valence-corrected chi connectivity index (χ4v) is 1.53. The molecule has 1 rings (SSSR count). The van der Waals surface area contributed by atoms with Crippen LogP contribution in [0.25, 0.3) is 0 Å². The molecule has 5 heteroatoms. The zero-order valence-electron chi connectivity index (χ0n) is 10.3. The zero-order chi connectivity index (χ0) is 13.5. The molecule has 1 aromatic rings. The molecule has 0 spiro atoms. The molecule has 2 unspecified atom stereocenters. The fourth-order valence-electron chi connectivity index (χ4n) is 1.53. The first kappa shape index (κ1) is 14.2. The molecule has 0 bridgehead atoms. The molecule has 0 heterocycles. The van der Waals surface area contributed by atoms with Gasteiger partial charge in [0, 0.05) is 12.5 Å². The van der Waals surface area contributed by atoms with Crippen molar-refractivity contribution >= 4 is 11.9 Å². The number of hydrogen-bond acceptors (Lipinski definition) is 3. The highest BCUT2D eigenvalue weighted by molar-refractivity contribution is 5.84. The lowest BCUT2D eigenvalue weighted by Crippen LogP contribution is -2.34. The van der Waals surface area contributed by atoms with Crippen molar-refractivity contribution in [2.45, 2.75) is 31.8 Å². The number of rotatable bonds is 6. The summed E-state index contributed by atoms with van der Waals surface area (Å²) in [6.45, 7) is 1.80. The van der Waals surface area contributed by atoms with Crippen molar-refractivity contribution in [1.29, 1.82) is 0 Å². The minimum absolute atomic E-state index is 0.0734. The first-order valence-corrected chi connectivity index (χ1v) is 5.83. The van der Waals surface area contributed by atoms with Crippen LogP contribution in [0, 0.1) is 0 Å². The molecular formula is C13H18N2O3. The van der Waals surface area contributed by atoms with E-state index >= 15 is 0 Å². The normalized spacial score (nSPS) is 13.7. The van der Waals surface area contributed by atoms with Crippen molar-refractivity contribution in [1.82, 2.24) is 5.32 Å². The summed E-state index contributed by atoms with van der Waals surface area (Å²) in [6, 6.07) is 7.52. The van der Waals surface area contributed by atoms with Gasteiger partial charge in [-0.15, -0.1) is 0 Å². The highest BCUT2D eigenvalue weighted by atomic mass is 16.4. The van der Waals surface area contributed by atoms with E-state index in [1.54, 1.807) is 37.3 Å². The number of nitrogens with one attached hydrogen (secondary N) is 1. The number of carboxylic acid groups (broad SMARTS) is 1. The lowest BCUT2D eigenvalue weighted by Gasteiger charge is -2.15. The van der Waals surface area contributed by atoms with Crippen LogP contribution in [0.5, 0.6) is 0 Å². The van der Waals surface area contributed by atoms with Crippen LogP contribution in [0.15, 0.2) is 30.3 Å². The largest absolute Gasteiger partial charge is 0.479 e. The van der Waals surface area contributed by atoms with Crippen LogP contribution in [0.1, 0.15) is 31.4 Å². The Hall–Kier alpha value is -1.88. The van der Waals surface area contributed by atoms with Crippen LogP contribution in [-0.4, -0.2) is 23.0 Å². The van der Waals surface area contributed by atoms with Gasteiger partial charge in [0.05, 0.1) is 0 Å². The van der Waals surface area contributed by atoms with E-state index in [4.69, 9.17) is 10.8 Å². The maximum absolute atomic E-state index is 11.6.